The van der Waals surface area contributed by atoms with Gasteiger partial charge in [0.1, 0.15) is 5.82 Å². The molecule has 1 aliphatic rings. The standard InChI is InChI=1S/C17H17FN2O2/c18-14-5-3-12(4-6-14)9-20-10-15(16(11-20)17(21)22)13-2-1-7-19-8-13/h1-8,15-16H,9-11H2,(H,21,22)/t15-,16-/m1/s1. The summed E-state index contributed by atoms with van der Waals surface area (Å²) in [6.07, 6.45) is 3.42. The van der Waals surface area contributed by atoms with Crippen molar-refractivity contribution in [1.82, 2.24) is 9.88 Å². The molecule has 1 N–H and O–H groups in total. The lowest BCUT2D eigenvalue weighted by atomic mass is 9.90. The molecule has 2 aromatic rings. The number of benzene rings is 1. The minimum atomic E-state index is -0.782. The maximum Gasteiger partial charge on any atom is 0.308 e. The molecule has 1 aromatic carbocycles. The van der Waals surface area contributed by atoms with Gasteiger partial charge in [0.2, 0.25) is 0 Å². The zero-order valence-corrected chi connectivity index (χ0v) is 12.0. The molecule has 4 nitrogen and oxygen atoms in total. The van der Waals surface area contributed by atoms with E-state index in [1.54, 1.807) is 24.5 Å². The van der Waals surface area contributed by atoms with Crippen LogP contribution in [0.1, 0.15) is 17.0 Å². The molecule has 0 unspecified atom stereocenters. The van der Waals surface area contributed by atoms with Crippen LogP contribution in [0.3, 0.4) is 0 Å². The zero-order valence-electron chi connectivity index (χ0n) is 12.0. The molecule has 2 atom stereocenters. The Morgan fingerprint density at radius 3 is 2.68 bits per heavy atom. The van der Waals surface area contributed by atoms with E-state index in [2.05, 4.69) is 9.88 Å². The average molecular weight is 300 g/mol. The lowest BCUT2D eigenvalue weighted by molar-refractivity contribution is -0.141. The second-order valence-electron chi connectivity index (χ2n) is 5.66. The van der Waals surface area contributed by atoms with Gasteiger partial charge in [-0.1, -0.05) is 18.2 Å². The Morgan fingerprint density at radius 1 is 1.27 bits per heavy atom. The highest BCUT2D eigenvalue weighted by atomic mass is 19.1. The van der Waals surface area contributed by atoms with Gasteiger partial charge in [0.15, 0.2) is 0 Å². The SMILES string of the molecule is O=C(O)[C@@H]1CN(Cc2ccc(F)cc2)C[C@@H]1c1cccnc1. The fourth-order valence-electron chi connectivity index (χ4n) is 3.05. The Balaban J connectivity index is 1.76. The lowest BCUT2D eigenvalue weighted by Crippen LogP contribution is -2.23. The van der Waals surface area contributed by atoms with Crippen LogP contribution in [0.2, 0.25) is 0 Å². The molecule has 0 radical (unpaired) electrons. The average Bonchev–Trinajstić information content (AvgIpc) is 2.95. The van der Waals surface area contributed by atoms with E-state index in [0.29, 0.717) is 19.6 Å². The predicted molar refractivity (Wildman–Crippen MR) is 79.8 cm³/mol. The summed E-state index contributed by atoms with van der Waals surface area (Å²) in [4.78, 5) is 17.7. The number of carboxylic acid groups (broad SMARTS) is 1. The summed E-state index contributed by atoms with van der Waals surface area (Å²) in [6, 6.07) is 10.1. The van der Waals surface area contributed by atoms with E-state index in [1.165, 1.54) is 12.1 Å². The van der Waals surface area contributed by atoms with Crippen LogP contribution in [-0.4, -0.2) is 34.0 Å². The number of pyridine rings is 1. The third-order valence-corrected chi connectivity index (χ3v) is 4.14. The molecule has 5 heteroatoms. The van der Waals surface area contributed by atoms with Crippen LogP contribution < -0.4 is 0 Å². The zero-order chi connectivity index (χ0) is 15.5. The molecule has 0 spiro atoms. The lowest BCUT2D eigenvalue weighted by Gasteiger charge is -2.16. The molecular weight excluding hydrogens is 283 g/mol. The number of hydrogen-bond donors (Lipinski definition) is 1. The van der Waals surface area contributed by atoms with E-state index in [-0.39, 0.29) is 11.7 Å². The van der Waals surface area contributed by atoms with Crippen LogP contribution >= 0.6 is 0 Å². The normalized spacial score (nSPS) is 21.9. The maximum absolute atomic E-state index is 13.0. The Hall–Kier alpha value is -2.27. The fraction of sp³-hybridized carbons (Fsp3) is 0.294. The molecule has 2 heterocycles. The van der Waals surface area contributed by atoms with Crippen LogP contribution in [-0.2, 0) is 11.3 Å². The number of nitrogens with zero attached hydrogens (tertiary/aromatic N) is 2. The number of likely N-dealkylation sites (tertiary alicyclic amines) is 1. The highest BCUT2D eigenvalue weighted by molar-refractivity contribution is 5.72. The Kier molecular flexibility index (Phi) is 4.15. The second kappa shape index (κ2) is 6.23. The van der Waals surface area contributed by atoms with Crippen molar-refractivity contribution in [2.24, 2.45) is 5.92 Å². The number of hydrogen-bond acceptors (Lipinski definition) is 3. The molecule has 22 heavy (non-hydrogen) atoms. The van der Waals surface area contributed by atoms with Gasteiger partial charge in [0, 0.05) is 37.9 Å². The Morgan fingerprint density at radius 2 is 2.05 bits per heavy atom. The smallest absolute Gasteiger partial charge is 0.308 e. The third kappa shape index (κ3) is 3.14. The van der Waals surface area contributed by atoms with E-state index < -0.39 is 11.9 Å². The quantitative estimate of drug-likeness (QED) is 0.942. The monoisotopic (exact) mass is 300 g/mol. The van der Waals surface area contributed by atoms with Gasteiger partial charge in [-0.25, -0.2) is 4.39 Å². The molecule has 0 saturated carbocycles. The van der Waals surface area contributed by atoms with E-state index in [0.717, 1.165) is 11.1 Å². The van der Waals surface area contributed by atoms with Gasteiger partial charge in [0.05, 0.1) is 5.92 Å². The van der Waals surface area contributed by atoms with Crippen molar-refractivity contribution in [1.29, 1.82) is 0 Å². The second-order valence-corrected chi connectivity index (χ2v) is 5.66. The highest BCUT2D eigenvalue weighted by Gasteiger charge is 2.38. The van der Waals surface area contributed by atoms with Gasteiger partial charge in [0.25, 0.3) is 0 Å². The first-order valence-electron chi connectivity index (χ1n) is 7.23. The van der Waals surface area contributed by atoms with Crippen molar-refractivity contribution in [2.45, 2.75) is 12.5 Å². The Bertz CT molecular complexity index is 645. The largest absolute Gasteiger partial charge is 0.481 e. The molecule has 1 saturated heterocycles. The minimum Gasteiger partial charge on any atom is -0.481 e. The molecule has 1 aromatic heterocycles. The number of halogens is 1. The molecular formula is C17H17FN2O2. The number of aromatic nitrogens is 1. The molecule has 3 rings (SSSR count). The fourth-order valence-corrected chi connectivity index (χ4v) is 3.05. The first-order chi connectivity index (χ1) is 10.6. The number of carboxylic acids is 1. The van der Waals surface area contributed by atoms with Crippen LogP contribution in [0.25, 0.3) is 0 Å². The van der Waals surface area contributed by atoms with Gasteiger partial charge in [-0.15, -0.1) is 0 Å². The minimum absolute atomic E-state index is 0.0633. The summed E-state index contributed by atoms with van der Waals surface area (Å²) in [7, 11) is 0. The summed E-state index contributed by atoms with van der Waals surface area (Å²) in [5, 5.41) is 9.47. The summed E-state index contributed by atoms with van der Waals surface area (Å²) in [6.45, 7) is 1.78. The summed E-state index contributed by atoms with van der Waals surface area (Å²) in [5.41, 5.74) is 1.94. The van der Waals surface area contributed by atoms with Crippen LogP contribution in [0.5, 0.6) is 0 Å². The van der Waals surface area contributed by atoms with E-state index >= 15 is 0 Å². The van der Waals surface area contributed by atoms with Gasteiger partial charge in [-0.3, -0.25) is 14.7 Å². The Labute approximate surface area is 128 Å². The van der Waals surface area contributed by atoms with E-state index in [9.17, 15) is 14.3 Å². The summed E-state index contributed by atoms with van der Waals surface area (Å²) >= 11 is 0. The molecule has 1 fully saturated rings. The third-order valence-electron chi connectivity index (χ3n) is 4.14. The molecule has 0 aliphatic carbocycles. The van der Waals surface area contributed by atoms with Crippen molar-refractivity contribution in [3.05, 3.63) is 65.7 Å². The van der Waals surface area contributed by atoms with Crippen molar-refractivity contribution < 1.29 is 14.3 Å². The van der Waals surface area contributed by atoms with Crippen LogP contribution in [0.4, 0.5) is 4.39 Å². The van der Waals surface area contributed by atoms with Crippen molar-refractivity contribution in [3.8, 4) is 0 Å². The molecule has 0 amide bonds. The van der Waals surface area contributed by atoms with E-state index in [1.807, 2.05) is 12.1 Å². The van der Waals surface area contributed by atoms with Gasteiger partial charge in [-0.2, -0.15) is 0 Å². The number of carbonyl (C=O) groups is 1. The first-order valence-corrected chi connectivity index (χ1v) is 7.23. The van der Waals surface area contributed by atoms with Gasteiger partial charge in [-0.05, 0) is 29.3 Å². The number of rotatable bonds is 4. The van der Waals surface area contributed by atoms with E-state index in [4.69, 9.17) is 0 Å². The summed E-state index contributed by atoms with van der Waals surface area (Å²) < 4.78 is 13.0. The van der Waals surface area contributed by atoms with Crippen LogP contribution in [0.15, 0.2) is 48.8 Å². The van der Waals surface area contributed by atoms with Crippen molar-refractivity contribution in [2.75, 3.05) is 13.1 Å². The van der Waals surface area contributed by atoms with Crippen molar-refractivity contribution in [3.63, 3.8) is 0 Å². The number of aliphatic carboxylic acids is 1. The topological polar surface area (TPSA) is 53.4 Å². The molecule has 0 bridgehead atoms. The maximum atomic E-state index is 13.0. The summed E-state index contributed by atoms with van der Waals surface area (Å²) in [5.74, 6) is -1.55. The highest BCUT2D eigenvalue weighted by Crippen LogP contribution is 2.33. The van der Waals surface area contributed by atoms with Crippen molar-refractivity contribution >= 4 is 5.97 Å². The molecule has 1 aliphatic heterocycles. The molecule has 114 valence electrons. The van der Waals surface area contributed by atoms with Gasteiger partial charge >= 0.3 is 5.97 Å². The predicted octanol–water partition coefficient (Wildman–Crippen LogP) is 2.52. The van der Waals surface area contributed by atoms with Gasteiger partial charge < -0.3 is 5.11 Å². The first kappa shape index (κ1) is 14.7. The van der Waals surface area contributed by atoms with Crippen LogP contribution in [0, 0.1) is 11.7 Å².